The first-order valence-electron chi connectivity index (χ1n) is 7.49. The van der Waals surface area contributed by atoms with Gasteiger partial charge in [-0.2, -0.15) is 0 Å². The summed E-state index contributed by atoms with van der Waals surface area (Å²) in [5, 5.41) is 10.6. The number of hydrogen-bond donors (Lipinski definition) is 1. The van der Waals surface area contributed by atoms with Crippen molar-refractivity contribution in [3.63, 3.8) is 0 Å². The summed E-state index contributed by atoms with van der Waals surface area (Å²) in [6.07, 6.45) is 0.896. The first-order chi connectivity index (χ1) is 9.00. The van der Waals surface area contributed by atoms with E-state index in [1.807, 2.05) is 30.3 Å². The summed E-state index contributed by atoms with van der Waals surface area (Å²) in [5.74, 6) is 1.42. The number of aliphatic hydroxyl groups is 1. The molecule has 1 aromatic carbocycles. The predicted molar refractivity (Wildman–Crippen MR) is 80.0 cm³/mol. The van der Waals surface area contributed by atoms with Crippen LogP contribution in [0.1, 0.15) is 45.8 Å². The Hall–Kier alpha value is -0.860. The van der Waals surface area contributed by atoms with E-state index in [1.165, 1.54) is 6.42 Å². The Kier molecular flexibility index (Phi) is 4.64. The van der Waals surface area contributed by atoms with E-state index in [1.54, 1.807) is 0 Å². The van der Waals surface area contributed by atoms with Crippen molar-refractivity contribution >= 4 is 0 Å². The SMILES string of the molecule is CC1CC(C)C(C)N(C(C)C(O)c2ccccc2)C1. The van der Waals surface area contributed by atoms with Crippen LogP contribution in [0.3, 0.4) is 0 Å². The first kappa shape index (κ1) is 14.5. The molecule has 0 aromatic heterocycles. The molecular weight excluding hydrogens is 234 g/mol. The Morgan fingerprint density at radius 3 is 2.42 bits per heavy atom. The molecule has 1 heterocycles. The minimum Gasteiger partial charge on any atom is -0.387 e. The molecule has 1 fully saturated rings. The fourth-order valence-corrected chi connectivity index (χ4v) is 3.41. The fraction of sp³-hybridized carbons (Fsp3) is 0.647. The third-order valence-electron chi connectivity index (χ3n) is 4.76. The average molecular weight is 261 g/mol. The zero-order valence-electron chi connectivity index (χ0n) is 12.6. The maximum atomic E-state index is 10.6. The Morgan fingerprint density at radius 1 is 1.16 bits per heavy atom. The second-order valence-corrected chi connectivity index (χ2v) is 6.35. The molecule has 5 atom stereocenters. The van der Waals surface area contributed by atoms with Gasteiger partial charge in [0.2, 0.25) is 0 Å². The number of benzene rings is 1. The van der Waals surface area contributed by atoms with Crippen LogP contribution in [0.2, 0.25) is 0 Å². The Morgan fingerprint density at radius 2 is 1.79 bits per heavy atom. The molecule has 19 heavy (non-hydrogen) atoms. The van der Waals surface area contributed by atoms with E-state index in [0.29, 0.717) is 12.0 Å². The molecule has 0 aliphatic carbocycles. The lowest BCUT2D eigenvalue weighted by Gasteiger charge is -2.45. The van der Waals surface area contributed by atoms with E-state index in [0.717, 1.165) is 18.0 Å². The van der Waals surface area contributed by atoms with Crippen molar-refractivity contribution in [2.24, 2.45) is 11.8 Å². The Balaban J connectivity index is 2.12. The standard InChI is InChI=1S/C17H27NO/c1-12-10-13(2)14(3)18(11-12)15(4)17(19)16-8-6-5-7-9-16/h5-9,12-15,17,19H,10-11H2,1-4H3. The molecule has 1 aromatic rings. The van der Waals surface area contributed by atoms with Crippen LogP contribution >= 0.6 is 0 Å². The van der Waals surface area contributed by atoms with Gasteiger partial charge in [0.05, 0.1) is 6.10 Å². The molecule has 2 nitrogen and oxygen atoms in total. The predicted octanol–water partition coefficient (Wildman–Crippen LogP) is 3.47. The average Bonchev–Trinajstić information content (AvgIpc) is 2.42. The number of hydrogen-bond acceptors (Lipinski definition) is 2. The zero-order valence-corrected chi connectivity index (χ0v) is 12.6. The number of aliphatic hydroxyl groups excluding tert-OH is 1. The smallest absolute Gasteiger partial charge is 0.0942 e. The largest absolute Gasteiger partial charge is 0.387 e. The molecule has 0 saturated carbocycles. The molecule has 5 unspecified atom stereocenters. The van der Waals surface area contributed by atoms with Crippen LogP contribution in [-0.2, 0) is 0 Å². The van der Waals surface area contributed by atoms with Gasteiger partial charge in [0, 0.05) is 18.6 Å². The van der Waals surface area contributed by atoms with Gasteiger partial charge in [-0.25, -0.2) is 0 Å². The molecule has 1 saturated heterocycles. The summed E-state index contributed by atoms with van der Waals surface area (Å²) >= 11 is 0. The van der Waals surface area contributed by atoms with Gasteiger partial charge in [-0.1, -0.05) is 44.2 Å². The Bertz CT molecular complexity index is 392. The van der Waals surface area contributed by atoms with Crippen LogP contribution in [0, 0.1) is 11.8 Å². The van der Waals surface area contributed by atoms with Crippen molar-refractivity contribution < 1.29 is 5.11 Å². The first-order valence-corrected chi connectivity index (χ1v) is 7.49. The van der Waals surface area contributed by atoms with Gasteiger partial charge < -0.3 is 5.11 Å². The van der Waals surface area contributed by atoms with E-state index in [-0.39, 0.29) is 6.04 Å². The monoisotopic (exact) mass is 261 g/mol. The van der Waals surface area contributed by atoms with E-state index in [4.69, 9.17) is 0 Å². The summed E-state index contributed by atoms with van der Waals surface area (Å²) in [5.41, 5.74) is 1.02. The van der Waals surface area contributed by atoms with Gasteiger partial charge in [0.1, 0.15) is 0 Å². The molecule has 2 heteroatoms. The van der Waals surface area contributed by atoms with Gasteiger partial charge >= 0.3 is 0 Å². The minimum atomic E-state index is -0.402. The van der Waals surface area contributed by atoms with Crippen LogP contribution in [0.5, 0.6) is 0 Å². The third kappa shape index (κ3) is 3.18. The van der Waals surface area contributed by atoms with Crippen molar-refractivity contribution in [2.45, 2.75) is 52.3 Å². The summed E-state index contributed by atoms with van der Waals surface area (Å²) < 4.78 is 0. The van der Waals surface area contributed by atoms with Gasteiger partial charge in [0.25, 0.3) is 0 Å². The quantitative estimate of drug-likeness (QED) is 0.900. The van der Waals surface area contributed by atoms with Crippen LogP contribution in [0.25, 0.3) is 0 Å². The molecule has 0 amide bonds. The maximum Gasteiger partial charge on any atom is 0.0942 e. The molecule has 1 aliphatic rings. The summed E-state index contributed by atoms with van der Waals surface area (Å²) in [6.45, 7) is 10.2. The van der Waals surface area contributed by atoms with Gasteiger partial charge in [-0.3, -0.25) is 4.90 Å². The van der Waals surface area contributed by atoms with E-state index < -0.39 is 6.10 Å². The van der Waals surface area contributed by atoms with Crippen LogP contribution in [0.15, 0.2) is 30.3 Å². The summed E-state index contributed by atoms with van der Waals surface area (Å²) in [7, 11) is 0. The summed E-state index contributed by atoms with van der Waals surface area (Å²) in [4.78, 5) is 2.48. The normalized spacial score (nSPS) is 31.9. The minimum absolute atomic E-state index is 0.169. The third-order valence-corrected chi connectivity index (χ3v) is 4.76. The lowest BCUT2D eigenvalue weighted by Crippen LogP contribution is -2.51. The van der Waals surface area contributed by atoms with Crippen LogP contribution in [-0.4, -0.2) is 28.6 Å². The topological polar surface area (TPSA) is 23.5 Å². The highest BCUT2D eigenvalue weighted by atomic mass is 16.3. The second kappa shape index (κ2) is 6.06. The van der Waals surface area contributed by atoms with E-state index in [9.17, 15) is 5.11 Å². The molecular formula is C17H27NO. The molecule has 0 bridgehead atoms. The molecule has 0 radical (unpaired) electrons. The van der Waals surface area contributed by atoms with Crippen molar-refractivity contribution in [1.82, 2.24) is 4.90 Å². The van der Waals surface area contributed by atoms with Crippen molar-refractivity contribution in [1.29, 1.82) is 0 Å². The number of nitrogens with zero attached hydrogens (tertiary/aromatic N) is 1. The zero-order chi connectivity index (χ0) is 14.0. The van der Waals surface area contributed by atoms with Crippen molar-refractivity contribution in [2.75, 3.05) is 6.54 Å². The highest BCUT2D eigenvalue weighted by molar-refractivity contribution is 5.18. The van der Waals surface area contributed by atoms with Crippen molar-refractivity contribution in [3.05, 3.63) is 35.9 Å². The van der Waals surface area contributed by atoms with Gasteiger partial charge in [0.15, 0.2) is 0 Å². The fourth-order valence-electron chi connectivity index (χ4n) is 3.41. The number of rotatable bonds is 3. The molecule has 2 rings (SSSR count). The highest BCUT2D eigenvalue weighted by Crippen LogP contribution is 2.32. The van der Waals surface area contributed by atoms with Gasteiger partial charge in [-0.05, 0) is 37.7 Å². The summed E-state index contributed by atoms with van der Waals surface area (Å²) in [6, 6.07) is 10.7. The van der Waals surface area contributed by atoms with E-state index >= 15 is 0 Å². The van der Waals surface area contributed by atoms with Crippen LogP contribution < -0.4 is 0 Å². The van der Waals surface area contributed by atoms with Crippen LogP contribution in [0.4, 0.5) is 0 Å². The lowest BCUT2D eigenvalue weighted by molar-refractivity contribution is -0.0129. The maximum absolute atomic E-state index is 10.6. The van der Waals surface area contributed by atoms with Crippen molar-refractivity contribution in [3.8, 4) is 0 Å². The molecule has 0 spiro atoms. The van der Waals surface area contributed by atoms with E-state index in [2.05, 4.69) is 32.6 Å². The molecule has 1 N–H and O–H groups in total. The second-order valence-electron chi connectivity index (χ2n) is 6.35. The molecule has 106 valence electrons. The van der Waals surface area contributed by atoms with Gasteiger partial charge in [-0.15, -0.1) is 0 Å². The lowest BCUT2D eigenvalue weighted by atomic mass is 9.84. The Labute approximate surface area is 117 Å². The number of likely N-dealkylation sites (tertiary alicyclic amines) is 1. The highest BCUT2D eigenvalue weighted by Gasteiger charge is 2.34. The number of piperidine rings is 1. The molecule has 1 aliphatic heterocycles.